The van der Waals surface area contributed by atoms with Crippen LogP contribution in [-0.2, 0) is 10.0 Å². The van der Waals surface area contributed by atoms with Crippen LogP contribution < -0.4 is 4.72 Å². The van der Waals surface area contributed by atoms with E-state index in [0.29, 0.717) is 0 Å². The van der Waals surface area contributed by atoms with Crippen LogP contribution in [0, 0.1) is 0 Å². The molecule has 0 aliphatic carbocycles. The zero-order valence-electron chi connectivity index (χ0n) is 5.96. The van der Waals surface area contributed by atoms with Crippen LogP contribution in [-0.4, -0.2) is 24.4 Å². The second kappa shape index (κ2) is 3.58. The van der Waals surface area contributed by atoms with Gasteiger partial charge in [0.15, 0.2) is 0 Å². The van der Waals surface area contributed by atoms with Gasteiger partial charge in [-0.3, -0.25) is 9.82 Å². The predicted molar refractivity (Wildman–Crippen MR) is 44.8 cm³/mol. The van der Waals surface area contributed by atoms with Crippen LogP contribution in [0.2, 0.25) is 0 Å². The third kappa shape index (κ3) is 2.37. The molecule has 0 saturated heterocycles. The van der Waals surface area contributed by atoms with Gasteiger partial charge >= 0.3 is 5.76 Å². The molecular weight excluding hydrogens is 272 g/mol. The smallest absolute Gasteiger partial charge is 0.262 e. The predicted octanol–water partition coefficient (Wildman–Crippen LogP) is 1.14. The molecule has 0 saturated carbocycles. The molecule has 5 nitrogen and oxygen atoms in total. The van der Waals surface area contributed by atoms with Crippen molar-refractivity contribution in [3.63, 3.8) is 0 Å². The Kier molecular flexibility index (Phi) is 2.86. The van der Waals surface area contributed by atoms with E-state index in [4.69, 9.17) is 0 Å². The van der Waals surface area contributed by atoms with Gasteiger partial charge in [0.2, 0.25) is 0 Å². The summed E-state index contributed by atoms with van der Waals surface area (Å²) in [6, 6.07) is 0. The summed E-state index contributed by atoms with van der Waals surface area (Å²) in [6.07, 6.45) is 1.24. The minimum atomic E-state index is -4.63. The SMILES string of the molecule is O=S(=O)(Nc1[nH]ncc1Br)C(F)F. The maximum atomic E-state index is 11.8. The average Bonchev–Trinajstić information content (AvgIpc) is 2.35. The fraction of sp³-hybridized carbons (Fsp3) is 0.250. The Morgan fingerprint density at radius 1 is 1.62 bits per heavy atom. The van der Waals surface area contributed by atoms with Crippen LogP contribution in [0.25, 0.3) is 0 Å². The number of anilines is 1. The molecular formula is C4H4BrF2N3O2S. The Hall–Kier alpha value is -0.700. The number of sulfonamides is 1. The molecule has 1 heterocycles. The molecule has 0 aliphatic heterocycles. The first-order chi connectivity index (χ1) is 5.93. The fourth-order valence-corrected chi connectivity index (χ4v) is 1.48. The maximum absolute atomic E-state index is 11.8. The summed E-state index contributed by atoms with van der Waals surface area (Å²) in [6.45, 7) is 0. The van der Waals surface area contributed by atoms with Crippen LogP contribution in [0.5, 0.6) is 0 Å². The molecule has 0 atom stereocenters. The Morgan fingerprint density at radius 2 is 2.23 bits per heavy atom. The summed E-state index contributed by atoms with van der Waals surface area (Å²) in [5.41, 5.74) is 0. The number of nitrogens with zero attached hydrogens (tertiary/aromatic N) is 1. The van der Waals surface area contributed by atoms with Crippen molar-refractivity contribution < 1.29 is 17.2 Å². The minimum Gasteiger partial charge on any atom is -0.262 e. The van der Waals surface area contributed by atoms with Gasteiger partial charge in [0, 0.05) is 0 Å². The Morgan fingerprint density at radius 3 is 2.62 bits per heavy atom. The molecule has 0 radical (unpaired) electrons. The fourth-order valence-electron chi connectivity index (χ4n) is 0.530. The molecule has 0 aromatic carbocycles. The van der Waals surface area contributed by atoms with Gasteiger partial charge < -0.3 is 0 Å². The molecule has 13 heavy (non-hydrogen) atoms. The van der Waals surface area contributed by atoms with Crippen molar-refractivity contribution in [1.82, 2.24) is 10.2 Å². The van der Waals surface area contributed by atoms with Gasteiger partial charge in [0.05, 0.1) is 10.7 Å². The molecule has 74 valence electrons. The van der Waals surface area contributed by atoms with Gasteiger partial charge in [-0.1, -0.05) is 0 Å². The Labute approximate surface area is 80.7 Å². The molecule has 9 heteroatoms. The Bertz CT molecular complexity index is 390. The van der Waals surface area contributed by atoms with E-state index in [-0.39, 0.29) is 10.3 Å². The van der Waals surface area contributed by atoms with Crippen molar-refractivity contribution in [2.45, 2.75) is 5.76 Å². The van der Waals surface area contributed by atoms with Crippen LogP contribution in [0.4, 0.5) is 14.6 Å². The quantitative estimate of drug-likeness (QED) is 0.869. The monoisotopic (exact) mass is 275 g/mol. The van der Waals surface area contributed by atoms with Crippen molar-refractivity contribution in [2.75, 3.05) is 4.72 Å². The van der Waals surface area contributed by atoms with E-state index in [2.05, 4.69) is 26.1 Å². The van der Waals surface area contributed by atoms with Gasteiger partial charge in [0.25, 0.3) is 10.0 Å². The van der Waals surface area contributed by atoms with Crippen molar-refractivity contribution in [3.05, 3.63) is 10.7 Å². The van der Waals surface area contributed by atoms with E-state index in [1.54, 1.807) is 4.72 Å². The average molecular weight is 276 g/mol. The largest absolute Gasteiger partial charge is 0.355 e. The van der Waals surface area contributed by atoms with Crippen LogP contribution >= 0.6 is 15.9 Å². The molecule has 2 N–H and O–H groups in total. The first-order valence-electron chi connectivity index (χ1n) is 2.92. The molecule has 1 rings (SSSR count). The van der Waals surface area contributed by atoms with Crippen LogP contribution in [0.3, 0.4) is 0 Å². The topological polar surface area (TPSA) is 74.8 Å². The zero-order chi connectivity index (χ0) is 10.1. The van der Waals surface area contributed by atoms with E-state index in [1.165, 1.54) is 6.20 Å². The van der Waals surface area contributed by atoms with Crippen molar-refractivity contribution in [2.24, 2.45) is 0 Å². The standard InChI is InChI=1S/C4H4BrF2N3O2S/c5-2-1-8-9-3(2)10-13(11,12)4(6)7/h1,4H,(H2,8,9,10). The molecule has 0 unspecified atom stereocenters. The van der Waals surface area contributed by atoms with Crippen molar-refractivity contribution in [3.8, 4) is 0 Å². The number of nitrogens with one attached hydrogen (secondary N) is 2. The van der Waals surface area contributed by atoms with Crippen LogP contribution in [0.15, 0.2) is 10.7 Å². The zero-order valence-corrected chi connectivity index (χ0v) is 8.36. The summed E-state index contributed by atoms with van der Waals surface area (Å²) in [4.78, 5) is 0. The second-order valence-corrected chi connectivity index (χ2v) is 4.51. The minimum absolute atomic E-state index is 0.125. The third-order valence-electron chi connectivity index (χ3n) is 1.07. The lowest BCUT2D eigenvalue weighted by Crippen LogP contribution is -2.20. The summed E-state index contributed by atoms with van der Waals surface area (Å²) in [5.74, 6) is -3.59. The number of alkyl halides is 2. The molecule has 1 aromatic rings. The number of rotatable bonds is 3. The highest BCUT2D eigenvalue weighted by molar-refractivity contribution is 9.10. The van der Waals surface area contributed by atoms with Gasteiger partial charge in [-0.2, -0.15) is 13.9 Å². The number of aromatic amines is 1. The Balaban J connectivity index is 2.88. The number of hydrogen-bond acceptors (Lipinski definition) is 3. The van der Waals surface area contributed by atoms with Crippen molar-refractivity contribution in [1.29, 1.82) is 0 Å². The third-order valence-corrected chi connectivity index (χ3v) is 2.63. The highest BCUT2D eigenvalue weighted by atomic mass is 79.9. The van der Waals surface area contributed by atoms with Gasteiger partial charge in [0.1, 0.15) is 5.82 Å². The van der Waals surface area contributed by atoms with Gasteiger partial charge in [-0.15, -0.1) is 0 Å². The maximum Gasteiger partial charge on any atom is 0.355 e. The number of aromatic nitrogens is 2. The lowest BCUT2D eigenvalue weighted by molar-refractivity contribution is 0.236. The molecule has 1 aromatic heterocycles. The summed E-state index contributed by atoms with van der Waals surface area (Å²) < 4.78 is 46.8. The molecule has 0 aliphatic rings. The molecule has 0 bridgehead atoms. The molecule has 0 fully saturated rings. The van der Waals surface area contributed by atoms with Crippen molar-refractivity contribution >= 4 is 31.8 Å². The summed E-state index contributed by atoms with van der Waals surface area (Å²) in [5, 5.41) is 5.62. The van der Waals surface area contributed by atoms with E-state index >= 15 is 0 Å². The highest BCUT2D eigenvalue weighted by Gasteiger charge is 2.24. The molecule has 0 spiro atoms. The summed E-state index contributed by atoms with van der Waals surface area (Å²) in [7, 11) is -4.63. The van der Waals surface area contributed by atoms with E-state index in [1.807, 2.05) is 0 Å². The second-order valence-electron chi connectivity index (χ2n) is 2.00. The van der Waals surface area contributed by atoms with Crippen LogP contribution in [0.1, 0.15) is 0 Å². The first-order valence-corrected chi connectivity index (χ1v) is 5.26. The highest BCUT2D eigenvalue weighted by Crippen LogP contribution is 2.20. The number of hydrogen-bond donors (Lipinski definition) is 2. The van der Waals surface area contributed by atoms with E-state index < -0.39 is 15.8 Å². The lowest BCUT2D eigenvalue weighted by Gasteiger charge is -2.03. The summed E-state index contributed by atoms with van der Waals surface area (Å²) >= 11 is 2.90. The number of H-pyrrole nitrogens is 1. The van der Waals surface area contributed by atoms with E-state index in [9.17, 15) is 17.2 Å². The normalized spacial score (nSPS) is 12.0. The number of halogens is 3. The van der Waals surface area contributed by atoms with E-state index in [0.717, 1.165) is 0 Å². The first kappa shape index (κ1) is 10.4. The lowest BCUT2D eigenvalue weighted by atomic mass is 10.7. The van der Waals surface area contributed by atoms with Gasteiger partial charge in [-0.05, 0) is 15.9 Å². The van der Waals surface area contributed by atoms with Gasteiger partial charge in [-0.25, -0.2) is 8.42 Å². The molecule has 0 amide bonds.